The van der Waals surface area contributed by atoms with Crippen molar-refractivity contribution in [1.82, 2.24) is 0 Å². The van der Waals surface area contributed by atoms with E-state index in [4.69, 9.17) is 9.47 Å². The predicted molar refractivity (Wildman–Crippen MR) is 90.8 cm³/mol. The summed E-state index contributed by atoms with van der Waals surface area (Å²) in [5.41, 5.74) is 4.57. The highest BCUT2D eigenvalue weighted by Crippen LogP contribution is 2.43. The molecule has 0 aliphatic carbocycles. The van der Waals surface area contributed by atoms with Crippen molar-refractivity contribution in [2.24, 2.45) is 0 Å². The van der Waals surface area contributed by atoms with Crippen LogP contribution in [0.15, 0.2) is 5.57 Å². The SMILES string of the molecule is COc1c(C)c(C)c(C)c(OC(C)=O)c1/C(C)=C(\C)C(=O)S. The van der Waals surface area contributed by atoms with Crippen LogP contribution in [-0.4, -0.2) is 18.2 Å². The molecule has 0 bridgehead atoms. The van der Waals surface area contributed by atoms with Gasteiger partial charge in [-0.25, -0.2) is 0 Å². The monoisotopic (exact) mass is 322 g/mol. The van der Waals surface area contributed by atoms with Gasteiger partial charge in [-0.05, 0) is 56.9 Å². The molecule has 22 heavy (non-hydrogen) atoms. The zero-order valence-corrected chi connectivity index (χ0v) is 15.0. The smallest absolute Gasteiger partial charge is 0.308 e. The molecule has 0 fully saturated rings. The highest BCUT2D eigenvalue weighted by Gasteiger charge is 2.23. The Morgan fingerprint density at radius 3 is 1.82 bits per heavy atom. The Hall–Kier alpha value is -1.75. The molecule has 0 unspecified atom stereocenters. The van der Waals surface area contributed by atoms with Crippen molar-refractivity contribution in [1.29, 1.82) is 0 Å². The fraction of sp³-hybridized carbons (Fsp3) is 0.412. The number of hydrogen-bond donors (Lipinski definition) is 1. The summed E-state index contributed by atoms with van der Waals surface area (Å²) >= 11 is 3.88. The van der Waals surface area contributed by atoms with E-state index in [1.54, 1.807) is 21.0 Å². The van der Waals surface area contributed by atoms with Crippen molar-refractivity contribution in [3.8, 4) is 11.5 Å². The molecular weight excluding hydrogens is 300 g/mol. The summed E-state index contributed by atoms with van der Waals surface area (Å²) in [7, 11) is 1.56. The largest absolute Gasteiger partial charge is 0.496 e. The Morgan fingerprint density at radius 1 is 0.909 bits per heavy atom. The molecule has 0 N–H and O–H groups in total. The third-order valence-electron chi connectivity index (χ3n) is 3.97. The molecule has 0 saturated heterocycles. The summed E-state index contributed by atoms with van der Waals surface area (Å²) in [4.78, 5) is 23.1. The summed E-state index contributed by atoms with van der Waals surface area (Å²) in [6.07, 6.45) is 0. The lowest BCUT2D eigenvalue weighted by atomic mass is 9.92. The second-order valence-electron chi connectivity index (χ2n) is 5.26. The average Bonchev–Trinajstić information content (AvgIpc) is 2.45. The molecule has 1 aromatic carbocycles. The van der Waals surface area contributed by atoms with Crippen LogP contribution in [0.1, 0.15) is 43.0 Å². The van der Waals surface area contributed by atoms with E-state index in [0.29, 0.717) is 28.2 Å². The Bertz CT molecular complexity index is 672. The van der Waals surface area contributed by atoms with Crippen LogP contribution >= 0.6 is 12.6 Å². The minimum Gasteiger partial charge on any atom is -0.496 e. The van der Waals surface area contributed by atoms with Gasteiger partial charge in [0.05, 0.1) is 12.7 Å². The van der Waals surface area contributed by atoms with Crippen molar-refractivity contribution < 1.29 is 19.1 Å². The predicted octanol–water partition coefficient (Wildman–Crippen LogP) is 3.80. The van der Waals surface area contributed by atoms with Crippen LogP contribution < -0.4 is 9.47 Å². The summed E-state index contributed by atoms with van der Waals surface area (Å²) in [5.74, 6) is 0.613. The zero-order valence-electron chi connectivity index (χ0n) is 14.1. The van der Waals surface area contributed by atoms with Crippen LogP contribution in [0.5, 0.6) is 11.5 Å². The minimum absolute atomic E-state index is 0.329. The maximum absolute atomic E-state index is 11.6. The van der Waals surface area contributed by atoms with Crippen LogP contribution in [-0.2, 0) is 9.59 Å². The molecule has 0 saturated carbocycles. The third kappa shape index (κ3) is 3.35. The Balaban J connectivity index is 3.90. The van der Waals surface area contributed by atoms with Gasteiger partial charge in [-0.1, -0.05) is 0 Å². The lowest BCUT2D eigenvalue weighted by molar-refractivity contribution is -0.131. The normalized spacial score (nSPS) is 11.8. The maximum Gasteiger partial charge on any atom is 0.308 e. The number of benzene rings is 1. The molecule has 4 nitrogen and oxygen atoms in total. The second kappa shape index (κ2) is 7.01. The van der Waals surface area contributed by atoms with E-state index in [1.165, 1.54) is 6.92 Å². The van der Waals surface area contributed by atoms with Crippen molar-refractivity contribution in [2.45, 2.75) is 41.5 Å². The lowest BCUT2D eigenvalue weighted by Crippen LogP contribution is -2.10. The Labute approximate surface area is 136 Å². The van der Waals surface area contributed by atoms with Crippen LogP contribution in [0, 0.1) is 20.8 Å². The summed E-state index contributed by atoms with van der Waals surface area (Å²) in [6, 6.07) is 0. The highest BCUT2D eigenvalue weighted by molar-refractivity contribution is 7.97. The molecule has 1 aromatic rings. The van der Waals surface area contributed by atoms with E-state index >= 15 is 0 Å². The van der Waals surface area contributed by atoms with E-state index in [9.17, 15) is 9.59 Å². The summed E-state index contributed by atoms with van der Waals surface area (Å²) < 4.78 is 10.9. The van der Waals surface area contributed by atoms with Gasteiger partial charge in [-0.2, -0.15) is 0 Å². The van der Waals surface area contributed by atoms with E-state index < -0.39 is 5.97 Å². The standard InChI is InChI=1S/C17H22O4S/c1-8-10(3)15(20-7)14(9(2)12(5)17(19)22)16(11(8)4)21-13(6)18/h1-7H3,(H,19,22)/b12-9+. The van der Waals surface area contributed by atoms with Crippen molar-refractivity contribution in [3.05, 3.63) is 27.8 Å². The molecule has 0 atom stereocenters. The number of methoxy groups -OCH3 is 1. The van der Waals surface area contributed by atoms with Gasteiger partial charge in [-0.15, -0.1) is 12.6 Å². The molecule has 5 heteroatoms. The highest BCUT2D eigenvalue weighted by atomic mass is 32.1. The minimum atomic E-state index is -0.419. The third-order valence-corrected chi connectivity index (χ3v) is 4.30. The molecule has 0 aliphatic rings. The molecule has 0 spiro atoms. The molecule has 0 aliphatic heterocycles. The number of esters is 1. The lowest BCUT2D eigenvalue weighted by Gasteiger charge is -2.21. The van der Waals surface area contributed by atoms with Crippen LogP contribution in [0.3, 0.4) is 0 Å². The zero-order chi connectivity index (χ0) is 17.2. The first-order chi connectivity index (χ1) is 10.1. The topological polar surface area (TPSA) is 52.6 Å². The molecule has 1 rings (SSSR count). The van der Waals surface area contributed by atoms with Gasteiger partial charge in [0, 0.05) is 12.5 Å². The number of hydrogen-bond acceptors (Lipinski definition) is 4. The second-order valence-corrected chi connectivity index (χ2v) is 5.67. The number of rotatable bonds is 4. The van der Waals surface area contributed by atoms with Gasteiger partial charge in [-0.3, -0.25) is 9.59 Å². The maximum atomic E-state index is 11.6. The van der Waals surface area contributed by atoms with Gasteiger partial charge in [0.15, 0.2) is 0 Å². The molecule has 0 aromatic heterocycles. The van der Waals surface area contributed by atoms with Gasteiger partial charge in [0.25, 0.3) is 0 Å². The van der Waals surface area contributed by atoms with Crippen molar-refractivity contribution in [2.75, 3.05) is 7.11 Å². The van der Waals surface area contributed by atoms with Crippen molar-refractivity contribution in [3.63, 3.8) is 0 Å². The summed E-state index contributed by atoms with van der Waals surface area (Å²) in [5, 5.41) is -0.329. The number of carbonyl (C=O) groups excluding carboxylic acids is 2. The van der Waals surface area contributed by atoms with Crippen LogP contribution in [0.2, 0.25) is 0 Å². The van der Waals surface area contributed by atoms with Crippen LogP contribution in [0.25, 0.3) is 5.57 Å². The van der Waals surface area contributed by atoms with E-state index in [0.717, 1.165) is 16.7 Å². The fourth-order valence-corrected chi connectivity index (χ4v) is 2.48. The number of ether oxygens (including phenoxy) is 2. The number of allylic oxidation sites excluding steroid dienone is 1. The quantitative estimate of drug-likeness (QED) is 0.396. The molecule has 0 amide bonds. The number of carbonyl (C=O) groups is 2. The number of thiol groups is 1. The first kappa shape index (κ1) is 18.3. The summed E-state index contributed by atoms with van der Waals surface area (Å²) in [6.45, 7) is 10.6. The first-order valence-electron chi connectivity index (χ1n) is 6.90. The molecular formula is C17H22O4S. The average molecular weight is 322 g/mol. The Kier molecular flexibility index (Phi) is 5.83. The van der Waals surface area contributed by atoms with E-state index in [1.807, 2.05) is 20.8 Å². The van der Waals surface area contributed by atoms with Gasteiger partial charge >= 0.3 is 5.97 Å². The molecule has 120 valence electrons. The van der Waals surface area contributed by atoms with Gasteiger partial charge in [0.2, 0.25) is 5.12 Å². The van der Waals surface area contributed by atoms with E-state index in [2.05, 4.69) is 12.6 Å². The van der Waals surface area contributed by atoms with Gasteiger partial charge < -0.3 is 9.47 Å². The first-order valence-corrected chi connectivity index (χ1v) is 7.35. The van der Waals surface area contributed by atoms with Gasteiger partial charge in [0.1, 0.15) is 11.5 Å². The fourth-order valence-electron chi connectivity index (χ4n) is 2.31. The molecule has 0 radical (unpaired) electrons. The molecule has 0 heterocycles. The van der Waals surface area contributed by atoms with Crippen molar-refractivity contribution >= 4 is 29.3 Å². The van der Waals surface area contributed by atoms with Crippen LogP contribution in [0.4, 0.5) is 0 Å². The Morgan fingerprint density at radius 2 is 1.41 bits per heavy atom. The van der Waals surface area contributed by atoms with E-state index in [-0.39, 0.29) is 5.12 Å².